The molecule has 138 valence electrons. The van der Waals surface area contributed by atoms with Gasteiger partial charge in [-0.25, -0.2) is 9.48 Å². The highest BCUT2D eigenvalue weighted by molar-refractivity contribution is 5.90. The fraction of sp³-hybridized carbons (Fsp3) is 0.316. The van der Waals surface area contributed by atoms with E-state index in [1.54, 1.807) is 10.9 Å². The molecule has 1 aromatic carbocycles. The Labute approximate surface area is 157 Å². The van der Waals surface area contributed by atoms with Crippen LogP contribution in [0.25, 0.3) is 5.69 Å². The molecule has 0 aliphatic heterocycles. The summed E-state index contributed by atoms with van der Waals surface area (Å²) in [6.45, 7) is 3.97. The summed E-state index contributed by atoms with van der Waals surface area (Å²) in [6, 6.07) is 9.30. The lowest BCUT2D eigenvalue weighted by Crippen LogP contribution is -2.34. The second-order valence-corrected chi connectivity index (χ2v) is 6.87. The normalized spacial score (nSPS) is 14.6. The number of amides is 2. The van der Waals surface area contributed by atoms with Gasteiger partial charge in [0.2, 0.25) is 0 Å². The van der Waals surface area contributed by atoms with Crippen LogP contribution in [0.5, 0.6) is 0 Å². The minimum absolute atomic E-state index is 0.0748. The van der Waals surface area contributed by atoms with E-state index < -0.39 is 0 Å². The van der Waals surface area contributed by atoms with Crippen molar-refractivity contribution in [3.63, 3.8) is 0 Å². The van der Waals surface area contributed by atoms with E-state index in [-0.39, 0.29) is 12.1 Å². The molecule has 27 heavy (non-hydrogen) atoms. The molecule has 1 saturated carbocycles. The van der Waals surface area contributed by atoms with Gasteiger partial charge in [0.05, 0.1) is 17.4 Å². The number of hydrogen-bond donors (Lipinski definition) is 2. The largest absolute Gasteiger partial charge is 0.329 e. The summed E-state index contributed by atoms with van der Waals surface area (Å²) >= 11 is 0. The van der Waals surface area contributed by atoms with Crippen molar-refractivity contribution in [2.75, 3.05) is 5.32 Å². The summed E-state index contributed by atoms with van der Waals surface area (Å²) in [5.41, 5.74) is 4.48. The van der Waals surface area contributed by atoms with Crippen molar-refractivity contribution in [2.45, 2.75) is 32.7 Å². The Morgan fingerprint density at radius 3 is 2.78 bits per heavy atom. The van der Waals surface area contributed by atoms with Gasteiger partial charge < -0.3 is 10.6 Å². The van der Waals surface area contributed by atoms with Crippen molar-refractivity contribution in [1.29, 1.82) is 0 Å². The topological polar surface area (TPSA) is 97.6 Å². The Hall–Kier alpha value is -3.29. The number of rotatable bonds is 5. The summed E-state index contributed by atoms with van der Waals surface area (Å²) in [5, 5.41) is 17.2. The van der Waals surface area contributed by atoms with Gasteiger partial charge in [0.25, 0.3) is 0 Å². The van der Waals surface area contributed by atoms with Crippen LogP contribution in [0.15, 0.2) is 42.9 Å². The van der Waals surface area contributed by atoms with Gasteiger partial charge in [-0.1, -0.05) is 12.1 Å². The predicted molar refractivity (Wildman–Crippen MR) is 100 cm³/mol. The SMILES string of the molecule is Cc1ccc(-n2cnnn2)cc1NC(=O)NC(c1ncccc1C)C1CC1. The maximum absolute atomic E-state index is 12.7. The molecule has 2 amide bonds. The van der Waals surface area contributed by atoms with Gasteiger partial charge in [-0.15, -0.1) is 5.10 Å². The molecule has 1 fully saturated rings. The second kappa shape index (κ2) is 7.14. The molecule has 1 aliphatic carbocycles. The molecule has 8 nitrogen and oxygen atoms in total. The molecule has 0 spiro atoms. The predicted octanol–water partition coefficient (Wildman–Crippen LogP) is 2.95. The van der Waals surface area contributed by atoms with Gasteiger partial charge in [0, 0.05) is 11.9 Å². The van der Waals surface area contributed by atoms with Crippen molar-refractivity contribution in [3.05, 3.63) is 59.7 Å². The second-order valence-electron chi connectivity index (χ2n) is 6.87. The van der Waals surface area contributed by atoms with Crippen LogP contribution in [-0.2, 0) is 0 Å². The highest BCUT2D eigenvalue weighted by atomic mass is 16.2. The fourth-order valence-corrected chi connectivity index (χ4v) is 3.13. The molecule has 3 aromatic rings. The van der Waals surface area contributed by atoms with E-state index in [1.165, 1.54) is 6.33 Å². The Morgan fingerprint density at radius 1 is 1.22 bits per heavy atom. The van der Waals surface area contributed by atoms with Gasteiger partial charge in [-0.2, -0.15) is 0 Å². The zero-order valence-electron chi connectivity index (χ0n) is 15.3. The number of aryl methyl sites for hydroxylation is 2. The monoisotopic (exact) mass is 363 g/mol. The summed E-state index contributed by atoms with van der Waals surface area (Å²) in [7, 11) is 0. The number of benzene rings is 1. The third-order valence-electron chi connectivity index (χ3n) is 4.81. The lowest BCUT2D eigenvalue weighted by Gasteiger charge is -2.20. The first kappa shape index (κ1) is 17.1. The number of urea groups is 1. The Balaban J connectivity index is 1.52. The third-order valence-corrected chi connectivity index (χ3v) is 4.81. The smallest absolute Gasteiger partial charge is 0.319 e. The molecule has 4 rings (SSSR count). The highest BCUT2D eigenvalue weighted by Gasteiger charge is 2.35. The minimum atomic E-state index is -0.242. The standard InChI is InChI=1S/C19H21N7O/c1-12-5-8-15(26-11-21-24-25-26)10-16(12)22-19(27)23-18(14-6-7-14)17-13(2)4-3-9-20-17/h3-5,8-11,14,18H,6-7H2,1-2H3,(H2,22,23,27). The van der Waals surface area contributed by atoms with E-state index in [0.29, 0.717) is 11.6 Å². The summed E-state index contributed by atoms with van der Waals surface area (Å²) < 4.78 is 1.55. The van der Waals surface area contributed by atoms with Crippen molar-refractivity contribution < 1.29 is 4.79 Å². The van der Waals surface area contributed by atoms with Crippen LogP contribution in [0.1, 0.15) is 35.7 Å². The van der Waals surface area contributed by atoms with Gasteiger partial charge in [0.15, 0.2) is 0 Å². The van der Waals surface area contributed by atoms with E-state index >= 15 is 0 Å². The molecule has 2 heterocycles. The fourth-order valence-electron chi connectivity index (χ4n) is 3.13. The van der Waals surface area contributed by atoms with Crippen LogP contribution in [0.3, 0.4) is 0 Å². The molecule has 8 heteroatoms. The van der Waals surface area contributed by atoms with Gasteiger partial charge >= 0.3 is 6.03 Å². The lowest BCUT2D eigenvalue weighted by molar-refractivity contribution is 0.246. The summed E-state index contributed by atoms with van der Waals surface area (Å²) in [5.74, 6) is 0.443. The van der Waals surface area contributed by atoms with Crippen molar-refractivity contribution in [2.24, 2.45) is 5.92 Å². The van der Waals surface area contributed by atoms with E-state index in [4.69, 9.17) is 0 Å². The average Bonchev–Trinajstić information content (AvgIpc) is 3.36. The molecule has 1 aliphatic rings. The molecular weight excluding hydrogens is 342 g/mol. The van der Waals surface area contributed by atoms with Gasteiger partial charge in [-0.05, 0) is 72.4 Å². The number of pyridine rings is 1. The molecule has 1 unspecified atom stereocenters. The first-order valence-electron chi connectivity index (χ1n) is 8.95. The zero-order valence-corrected chi connectivity index (χ0v) is 15.3. The molecule has 2 aromatic heterocycles. The van der Waals surface area contributed by atoms with Crippen LogP contribution in [0.2, 0.25) is 0 Å². The highest BCUT2D eigenvalue weighted by Crippen LogP contribution is 2.41. The van der Waals surface area contributed by atoms with Crippen molar-refractivity contribution >= 4 is 11.7 Å². The summed E-state index contributed by atoms with van der Waals surface area (Å²) in [4.78, 5) is 17.2. The molecule has 0 radical (unpaired) electrons. The molecule has 0 saturated heterocycles. The number of tetrazole rings is 1. The van der Waals surface area contributed by atoms with Crippen LogP contribution in [-0.4, -0.2) is 31.2 Å². The number of nitrogens with one attached hydrogen (secondary N) is 2. The van der Waals surface area contributed by atoms with Crippen molar-refractivity contribution in [3.8, 4) is 5.69 Å². The first-order chi connectivity index (χ1) is 13.1. The lowest BCUT2D eigenvalue weighted by atomic mass is 10.0. The van der Waals surface area contributed by atoms with E-state index in [0.717, 1.165) is 35.3 Å². The van der Waals surface area contributed by atoms with E-state index in [9.17, 15) is 4.79 Å². The van der Waals surface area contributed by atoms with Gasteiger partial charge in [0.1, 0.15) is 6.33 Å². The Morgan fingerprint density at radius 2 is 2.07 bits per heavy atom. The molecule has 0 bridgehead atoms. The number of aromatic nitrogens is 5. The molecular formula is C19H21N7O. The van der Waals surface area contributed by atoms with Crippen LogP contribution in [0, 0.1) is 19.8 Å². The van der Waals surface area contributed by atoms with Crippen LogP contribution in [0.4, 0.5) is 10.5 Å². The Bertz CT molecular complexity index is 950. The average molecular weight is 363 g/mol. The summed E-state index contributed by atoms with van der Waals surface area (Å²) in [6.07, 6.45) is 5.50. The minimum Gasteiger partial charge on any atom is -0.329 e. The van der Waals surface area contributed by atoms with E-state index in [2.05, 4.69) is 31.1 Å². The first-order valence-corrected chi connectivity index (χ1v) is 8.95. The number of carbonyl (C=O) groups excluding carboxylic acids is 1. The number of hydrogen-bond acceptors (Lipinski definition) is 5. The number of anilines is 1. The maximum Gasteiger partial charge on any atom is 0.319 e. The zero-order chi connectivity index (χ0) is 18.8. The molecule has 2 N–H and O–H groups in total. The molecule has 1 atom stereocenters. The third kappa shape index (κ3) is 3.79. The number of nitrogens with zero attached hydrogens (tertiary/aromatic N) is 5. The van der Waals surface area contributed by atoms with Gasteiger partial charge in [-0.3, -0.25) is 4.98 Å². The van der Waals surface area contributed by atoms with Crippen LogP contribution >= 0.6 is 0 Å². The quantitative estimate of drug-likeness (QED) is 0.726. The van der Waals surface area contributed by atoms with Crippen molar-refractivity contribution in [1.82, 2.24) is 30.5 Å². The van der Waals surface area contributed by atoms with Crippen LogP contribution < -0.4 is 10.6 Å². The Kier molecular flexibility index (Phi) is 4.53. The maximum atomic E-state index is 12.7. The van der Waals surface area contributed by atoms with E-state index in [1.807, 2.05) is 44.2 Å². The number of carbonyl (C=O) groups is 1.